The van der Waals surface area contributed by atoms with Gasteiger partial charge in [-0.05, 0) is 36.6 Å². The largest absolute Gasteiger partial charge is 0.504 e. The molecule has 4 aliphatic rings. The Bertz CT molecular complexity index is 1170. The maximum absolute atomic E-state index is 13.2. The van der Waals surface area contributed by atoms with E-state index in [-0.39, 0.29) is 23.7 Å². The van der Waals surface area contributed by atoms with Crippen LogP contribution in [0.2, 0.25) is 0 Å². The monoisotopic (exact) mass is 479 g/mol. The number of hydrogen-bond donors (Lipinski definition) is 3. The molecule has 2 fully saturated rings. The Kier molecular flexibility index (Phi) is 5.10. The third-order valence-corrected chi connectivity index (χ3v) is 9.15. The highest BCUT2D eigenvalue weighted by Gasteiger charge is 2.75. The zero-order valence-electron chi connectivity index (χ0n) is 20.7. The van der Waals surface area contributed by atoms with E-state index in [2.05, 4.69) is 13.8 Å². The van der Waals surface area contributed by atoms with Gasteiger partial charge >= 0.3 is 0 Å². The number of phenols is 1. The minimum absolute atomic E-state index is 0.0793. The minimum atomic E-state index is -0.931. The predicted molar refractivity (Wildman–Crippen MR) is 130 cm³/mol. The molecule has 3 heterocycles. The number of carbonyl (C=O) groups is 1. The number of amides is 1. The fraction of sp³-hybridized carbons (Fsp3) is 0.536. The number of nitrogens with one attached hydrogen (secondary N) is 1. The van der Waals surface area contributed by atoms with Gasteiger partial charge in [-0.2, -0.15) is 0 Å². The second-order valence-corrected chi connectivity index (χ2v) is 11.3. The van der Waals surface area contributed by atoms with Crippen LogP contribution >= 0.6 is 0 Å². The fourth-order valence-electron chi connectivity index (χ4n) is 7.73. The number of phenolic OH excluding ortho intramolecular Hbond substituents is 1. The lowest BCUT2D eigenvalue weighted by Gasteiger charge is -2.62. The molecule has 1 aromatic carbocycles. The zero-order chi connectivity index (χ0) is 24.5. The summed E-state index contributed by atoms with van der Waals surface area (Å²) < 4.78 is 11.7. The van der Waals surface area contributed by atoms with Gasteiger partial charge in [0.05, 0.1) is 37.1 Å². The molecule has 2 aliphatic heterocycles. The van der Waals surface area contributed by atoms with Crippen LogP contribution < -0.4 is 9.64 Å². The summed E-state index contributed by atoms with van der Waals surface area (Å²) in [6.45, 7) is 6.45. The number of benzene rings is 1. The summed E-state index contributed by atoms with van der Waals surface area (Å²) in [6, 6.07) is 5.41. The fourth-order valence-corrected chi connectivity index (χ4v) is 7.73. The highest BCUT2D eigenvalue weighted by atomic mass is 16.5. The molecule has 1 amide bonds. The van der Waals surface area contributed by atoms with Gasteiger partial charge in [0, 0.05) is 43.0 Å². The van der Waals surface area contributed by atoms with Crippen molar-refractivity contribution in [1.29, 1.82) is 0 Å². The summed E-state index contributed by atoms with van der Waals surface area (Å²) in [5.41, 5.74) is 1.44. The summed E-state index contributed by atoms with van der Waals surface area (Å²) in [5, 5.41) is 23.3. The number of ether oxygens (including phenoxy) is 1. The summed E-state index contributed by atoms with van der Waals surface area (Å²) >= 11 is 0. The lowest BCUT2D eigenvalue weighted by Crippen LogP contribution is -3.22. The van der Waals surface area contributed by atoms with Crippen molar-refractivity contribution in [3.05, 3.63) is 53.5 Å². The van der Waals surface area contributed by atoms with Crippen molar-refractivity contribution in [3.8, 4) is 11.5 Å². The van der Waals surface area contributed by atoms with Crippen LogP contribution in [0.3, 0.4) is 0 Å². The molecule has 6 atom stereocenters. The average molecular weight is 480 g/mol. The summed E-state index contributed by atoms with van der Waals surface area (Å²) in [6.07, 6.45) is 8.91. The molecule has 7 heteroatoms. The lowest BCUT2D eigenvalue weighted by atomic mass is 9.48. The van der Waals surface area contributed by atoms with E-state index in [0.717, 1.165) is 37.1 Å². The highest BCUT2D eigenvalue weighted by molar-refractivity contribution is 5.91. The van der Waals surface area contributed by atoms with Crippen LogP contribution in [0.1, 0.15) is 49.8 Å². The number of aliphatic hydroxyl groups is 1. The number of aromatic hydroxyl groups is 1. The van der Waals surface area contributed by atoms with Crippen molar-refractivity contribution in [2.24, 2.45) is 5.92 Å². The number of likely N-dealkylation sites (tertiary alicyclic amines) is 1. The Balaban J connectivity index is 1.40. The standard InChI is InChI=1S/C28H34N2O5/c1-17(2)15-30-12-11-27-24-19-5-6-21(31)25(24)35-26(27)20(8-10-28(27,33)22(30)14-19)29(3)23(32)7-4-18-9-13-34-16-18/h4-7,9,13,16-17,20,22,26,31,33H,8,10-12,14-15H2,1-3H3/p+1/b7-4+/t20-,22-,26+,27+,28-/m1/s1. The quantitative estimate of drug-likeness (QED) is 0.571. The molecule has 1 saturated heterocycles. The molecule has 1 spiro atoms. The Labute approximate surface area is 206 Å². The van der Waals surface area contributed by atoms with Crippen molar-refractivity contribution < 1.29 is 29.1 Å². The molecule has 3 N–H and O–H groups in total. The number of piperidine rings is 1. The second kappa shape index (κ2) is 7.87. The minimum Gasteiger partial charge on any atom is -0.504 e. The van der Waals surface area contributed by atoms with E-state index in [1.807, 2.05) is 13.1 Å². The summed E-state index contributed by atoms with van der Waals surface area (Å²) in [7, 11) is 1.82. The van der Waals surface area contributed by atoms with Gasteiger partial charge in [-0.3, -0.25) is 4.79 Å². The van der Waals surface area contributed by atoms with Crippen LogP contribution in [0.15, 0.2) is 41.2 Å². The van der Waals surface area contributed by atoms with Crippen LogP contribution in [0.25, 0.3) is 6.08 Å². The molecule has 1 saturated carbocycles. The number of hydrogen-bond acceptors (Lipinski definition) is 5. The molecular formula is C28H35N2O5+. The molecule has 1 aromatic heterocycles. The highest BCUT2D eigenvalue weighted by Crippen LogP contribution is 2.64. The van der Waals surface area contributed by atoms with E-state index < -0.39 is 17.1 Å². The normalized spacial score (nSPS) is 34.7. The van der Waals surface area contributed by atoms with Crippen molar-refractivity contribution in [2.75, 3.05) is 20.1 Å². The molecule has 6 rings (SSSR count). The number of rotatable bonds is 5. The first kappa shape index (κ1) is 22.7. The summed E-state index contributed by atoms with van der Waals surface area (Å²) in [5.74, 6) is 1.06. The Morgan fingerprint density at radius 2 is 2.14 bits per heavy atom. The van der Waals surface area contributed by atoms with E-state index in [4.69, 9.17) is 9.15 Å². The van der Waals surface area contributed by atoms with Crippen molar-refractivity contribution >= 4 is 12.0 Å². The maximum atomic E-state index is 13.2. The number of nitrogens with zero attached hydrogens (tertiary/aromatic N) is 1. The zero-order valence-corrected chi connectivity index (χ0v) is 20.7. The molecule has 35 heavy (non-hydrogen) atoms. The van der Waals surface area contributed by atoms with Gasteiger partial charge in [0.25, 0.3) is 0 Å². The first-order valence-electron chi connectivity index (χ1n) is 12.8. The van der Waals surface area contributed by atoms with Crippen LogP contribution in [-0.2, 0) is 16.6 Å². The number of quaternary nitrogens is 1. The van der Waals surface area contributed by atoms with E-state index in [1.165, 1.54) is 10.5 Å². The van der Waals surface area contributed by atoms with E-state index in [9.17, 15) is 15.0 Å². The third-order valence-electron chi connectivity index (χ3n) is 9.15. The first-order valence-corrected chi connectivity index (χ1v) is 12.8. The van der Waals surface area contributed by atoms with Gasteiger partial charge in [0.2, 0.25) is 5.91 Å². The molecule has 0 radical (unpaired) electrons. The lowest BCUT2D eigenvalue weighted by molar-refractivity contribution is -0.945. The number of carbonyl (C=O) groups excluding carboxylic acids is 1. The van der Waals surface area contributed by atoms with Gasteiger partial charge in [-0.25, -0.2) is 0 Å². The maximum Gasteiger partial charge on any atom is 0.246 e. The van der Waals surface area contributed by atoms with Crippen LogP contribution in [-0.4, -0.2) is 64.9 Å². The van der Waals surface area contributed by atoms with Crippen molar-refractivity contribution in [2.45, 2.75) is 68.7 Å². The molecule has 1 unspecified atom stereocenters. The van der Waals surface area contributed by atoms with Gasteiger partial charge in [0.15, 0.2) is 11.5 Å². The number of likely N-dealkylation sites (N-methyl/N-ethyl adjacent to an activating group) is 1. The van der Waals surface area contributed by atoms with Gasteiger partial charge in [0.1, 0.15) is 17.7 Å². The van der Waals surface area contributed by atoms with Crippen LogP contribution in [0.4, 0.5) is 0 Å². The second-order valence-electron chi connectivity index (χ2n) is 11.3. The Hall–Kier alpha value is -2.77. The Morgan fingerprint density at radius 1 is 1.31 bits per heavy atom. The molecular weight excluding hydrogens is 444 g/mol. The molecule has 7 nitrogen and oxygen atoms in total. The molecule has 2 aliphatic carbocycles. The smallest absolute Gasteiger partial charge is 0.246 e. The third kappa shape index (κ3) is 3.07. The van der Waals surface area contributed by atoms with Crippen LogP contribution in [0, 0.1) is 5.92 Å². The van der Waals surface area contributed by atoms with Crippen molar-refractivity contribution in [1.82, 2.24) is 4.90 Å². The van der Waals surface area contributed by atoms with Gasteiger partial charge in [-0.15, -0.1) is 0 Å². The topological polar surface area (TPSA) is 87.6 Å². The van der Waals surface area contributed by atoms with Gasteiger partial charge in [-0.1, -0.05) is 19.9 Å². The van der Waals surface area contributed by atoms with E-state index >= 15 is 0 Å². The predicted octanol–water partition coefficient (Wildman–Crippen LogP) is 1.92. The molecule has 2 bridgehead atoms. The molecule has 2 aromatic rings. The van der Waals surface area contributed by atoms with E-state index in [0.29, 0.717) is 24.5 Å². The average Bonchev–Trinajstić information content (AvgIpc) is 3.46. The SMILES string of the molecule is CC(C)C[NH+]1CC[C@]23c4c5ccc(O)c4O[C@H]2[C@H](N(C)C(=O)/C=C/c2ccoc2)CC[C@@]3(O)[C@H]1C5. The van der Waals surface area contributed by atoms with Crippen molar-refractivity contribution in [3.63, 3.8) is 0 Å². The Morgan fingerprint density at radius 3 is 2.89 bits per heavy atom. The summed E-state index contributed by atoms with van der Waals surface area (Å²) in [4.78, 5) is 16.4. The van der Waals surface area contributed by atoms with Gasteiger partial charge < -0.3 is 29.2 Å². The number of furan rings is 1. The van der Waals surface area contributed by atoms with Crippen LogP contribution in [0.5, 0.6) is 11.5 Å². The molecule has 186 valence electrons. The van der Waals surface area contributed by atoms with E-state index in [1.54, 1.807) is 41.7 Å². The first-order chi connectivity index (χ1) is 16.8.